The molecule has 0 saturated heterocycles. The highest BCUT2D eigenvalue weighted by atomic mass is 35.5. The molecule has 2 heterocycles. The Morgan fingerprint density at radius 2 is 1.77 bits per heavy atom. The zero-order valence-corrected chi connectivity index (χ0v) is 22.6. The number of aromatic hydroxyl groups is 1. The van der Waals surface area contributed by atoms with Crippen LogP contribution in [-0.4, -0.2) is 40.7 Å². The summed E-state index contributed by atoms with van der Waals surface area (Å²) in [5.41, 5.74) is 0.0448. The summed E-state index contributed by atoms with van der Waals surface area (Å²) in [6, 6.07) is 14.1. The minimum atomic E-state index is -4.74. The number of phenolic OH excluding ortho intramolecular Hbond substituents is 1. The van der Waals surface area contributed by atoms with Gasteiger partial charge >= 0.3 is 6.18 Å². The molecule has 7 nitrogen and oxygen atoms in total. The second-order valence-electron chi connectivity index (χ2n) is 8.84. The van der Waals surface area contributed by atoms with Crippen molar-refractivity contribution in [3.05, 3.63) is 93.5 Å². The van der Waals surface area contributed by atoms with Gasteiger partial charge in [0.15, 0.2) is 9.84 Å². The molecule has 1 unspecified atom stereocenters. The molecule has 0 saturated carbocycles. The highest BCUT2D eigenvalue weighted by molar-refractivity contribution is 7.92. The van der Waals surface area contributed by atoms with Crippen molar-refractivity contribution in [3.8, 4) is 17.0 Å². The first kappa shape index (κ1) is 28.5. The van der Waals surface area contributed by atoms with Crippen LogP contribution in [0.4, 0.5) is 13.2 Å². The topological polar surface area (TPSA) is 109 Å². The number of phenols is 1. The van der Waals surface area contributed by atoms with Gasteiger partial charge < -0.3 is 10.4 Å². The molecule has 0 spiro atoms. The number of thiazole rings is 1. The van der Waals surface area contributed by atoms with E-state index in [9.17, 15) is 31.5 Å². The number of pyridine rings is 1. The highest BCUT2D eigenvalue weighted by Crippen LogP contribution is 2.34. The number of carbonyl (C=O) groups excluding carboxylic acids is 1. The first-order valence-electron chi connectivity index (χ1n) is 11.3. The van der Waals surface area contributed by atoms with Gasteiger partial charge in [0.2, 0.25) is 0 Å². The van der Waals surface area contributed by atoms with Gasteiger partial charge in [-0.2, -0.15) is 13.2 Å². The third-order valence-electron chi connectivity index (χ3n) is 5.97. The number of carbonyl (C=O) groups is 1. The van der Waals surface area contributed by atoms with Crippen molar-refractivity contribution in [3.63, 3.8) is 0 Å². The zero-order valence-electron chi connectivity index (χ0n) is 20.2. The third-order valence-corrected chi connectivity index (χ3v) is 9.52. The molecule has 2 aromatic carbocycles. The largest absolute Gasteiger partial charge is 0.507 e. The fourth-order valence-electron chi connectivity index (χ4n) is 3.74. The Morgan fingerprint density at radius 3 is 2.38 bits per heavy atom. The maximum absolute atomic E-state index is 13.8. The second kappa shape index (κ2) is 10.9. The number of nitrogens with zero attached hydrogens (tertiary/aromatic N) is 2. The molecule has 4 aromatic rings. The van der Waals surface area contributed by atoms with Gasteiger partial charge in [-0.25, -0.2) is 13.4 Å². The Hall–Kier alpha value is -3.48. The molecule has 0 aliphatic heterocycles. The average Bonchev–Trinajstić information content (AvgIpc) is 3.35. The number of amides is 1. The number of para-hydroxylation sites is 1. The van der Waals surface area contributed by atoms with Crippen molar-refractivity contribution < 1.29 is 31.5 Å². The quantitative estimate of drug-likeness (QED) is 0.267. The minimum absolute atomic E-state index is 0.0623. The van der Waals surface area contributed by atoms with E-state index < -0.39 is 43.8 Å². The minimum Gasteiger partial charge on any atom is -0.507 e. The van der Waals surface area contributed by atoms with Crippen LogP contribution in [0.2, 0.25) is 5.02 Å². The van der Waals surface area contributed by atoms with Crippen LogP contribution in [0, 0.1) is 0 Å². The molecule has 2 aromatic heterocycles. The fraction of sp³-hybridized carbons (Fsp3) is 0.192. The predicted molar refractivity (Wildman–Crippen MR) is 142 cm³/mol. The molecule has 2 N–H and O–H groups in total. The molecule has 39 heavy (non-hydrogen) atoms. The van der Waals surface area contributed by atoms with Crippen LogP contribution >= 0.6 is 22.9 Å². The number of nitrogens with one attached hydrogen (secondary N) is 1. The van der Waals surface area contributed by atoms with E-state index in [2.05, 4.69) is 15.3 Å². The summed E-state index contributed by atoms with van der Waals surface area (Å²) in [6.07, 6.45) is -4.26. The Balaban J connectivity index is 1.68. The first-order valence-corrected chi connectivity index (χ1v) is 14.1. The van der Waals surface area contributed by atoms with Gasteiger partial charge in [-0.1, -0.05) is 35.9 Å². The number of hydrogen-bond donors (Lipinski definition) is 2. The molecule has 0 bridgehead atoms. The van der Waals surface area contributed by atoms with E-state index in [1.807, 2.05) is 0 Å². The summed E-state index contributed by atoms with van der Waals surface area (Å²) in [5, 5.41) is 15.2. The van der Waals surface area contributed by atoms with Crippen molar-refractivity contribution in [1.29, 1.82) is 0 Å². The van der Waals surface area contributed by atoms with Gasteiger partial charge in [-0.3, -0.25) is 9.78 Å². The predicted octanol–water partition coefficient (Wildman–Crippen LogP) is 5.79. The van der Waals surface area contributed by atoms with Gasteiger partial charge in [0.05, 0.1) is 25.9 Å². The van der Waals surface area contributed by atoms with Crippen molar-refractivity contribution in [1.82, 2.24) is 15.3 Å². The number of rotatable bonds is 8. The molecule has 4 rings (SSSR count). The van der Waals surface area contributed by atoms with E-state index in [1.165, 1.54) is 42.5 Å². The maximum atomic E-state index is 13.8. The number of halogens is 4. The lowest BCUT2D eigenvalue weighted by molar-refractivity contribution is -0.141. The number of benzene rings is 2. The summed E-state index contributed by atoms with van der Waals surface area (Å²) in [4.78, 5) is 20.2. The van der Waals surface area contributed by atoms with Gasteiger partial charge in [0, 0.05) is 35.1 Å². The van der Waals surface area contributed by atoms with Crippen molar-refractivity contribution >= 4 is 38.7 Å². The van der Waals surface area contributed by atoms with E-state index in [0.29, 0.717) is 28.0 Å². The lowest BCUT2D eigenvalue weighted by Gasteiger charge is -2.29. The molecule has 0 radical (unpaired) electrons. The van der Waals surface area contributed by atoms with Crippen LogP contribution in [0.5, 0.6) is 5.75 Å². The van der Waals surface area contributed by atoms with Crippen LogP contribution in [-0.2, 0) is 22.4 Å². The SMILES string of the molecule is CC(CNC(=O)c1ccccc1O)(Cc1nc(-c2ccc(Cl)cc2)cs1)S(=O)(=O)c1ccc(C(F)(F)F)nc1. The molecule has 0 fully saturated rings. The Morgan fingerprint density at radius 1 is 1.08 bits per heavy atom. The lowest BCUT2D eigenvalue weighted by Crippen LogP contribution is -2.48. The molecule has 0 aliphatic rings. The van der Waals surface area contributed by atoms with Crippen LogP contribution in [0.3, 0.4) is 0 Å². The molecule has 204 valence electrons. The van der Waals surface area contributed by atoms with Crippen LogP contribution in [0.25, 0.3) is 11.3 Å². The normalized spacial score (nSPS) is 13.6. The maximum Gasteiger partial charge on any atom is 0.433 e. The van der Waals surface area contributed by atoms with Crippen LogP contribution in [0.15, 0.2) is 77.1 Å². The third kappa shape index (κ3) is 6.23. The van der Waals surface area contributed by atoms with E-state index in [0.717, 1.165) is 11.6 Å². The van der Waals surface area contributed by atoms with Crippen molar-refractivity contribution in [2.24, 2.45) is 0 Å². The molecule has 13 heteroatoms. The standard InChI is InChI=1S/C26H21ClF3N3O4S2/c1-25(15-32-24(35)19-4-2-3-5-21(19)34,39(36,37)18-10-11-22(31-13-18)26(28,29)30)12-23-33-20(14-38-23)16-6-8-17(27)9-7-16/h2-11,13-14,34H,12,15H2,1H3,(H,32,35). The van der Waals surface area contributed by atoms with E-state index in [4.69, 9.17) is 11.6 Å². The molecule has 0 aliphatic carbocycles. The average molecular weight is 596 g/mol. The van der Waals surface area contributed by atoms with Crippen LogP contribution in [0.1, 0.15) is 28.0 Å². The van der Waals surface area contributed by atoms with E-state index in [-0.39, 0.29) is 17.7 Å². The Kier molecular flexibility index (Phi) is 8.01. The Bertz CT molecular complexity index is 1590. The second-order valence-corrected chi connectivity index (χ2v) is 12.7. The molecular weight excluding hydrogens is 575 g/mol. The molecular formula is C26H21ClF3N3O4S2. The van der Waals surface area contributed by atoms with Crippen LogP contribution < -0.4 is 5.32 Å². The monoisotopic (exact) mass is 595 g/mol. The van der Waals surface area contributed by atoms with Crippen molar-refractivity contribution in [2.75, 3.05) is 6.54 Å². The van der Waals surface area contributed by atoms with Gasteiger partial charge in [-0.05, 0) is 43.3 Å². The van der Waals surface area contributed by atoms with E-state index in [1.54, 1.807) is 29.6 Å². The lowest BCUT2D eigenvalue weighted by atomic mass is 10.1. The van der Waals surface area contributed by atoms with Gasteiger partial charge in [-0.15, -0.1) is 11.3 Å². The molecule has 1 atom stereocenters. The fourth-order valence-corrected chi connectivity index (χ4v) is 6.54. The van der Waals surface area contributed by atoms with Gasteiger partial charge in [0.25, 0.3) is 5.91 Å². The molecule has 1 amide bonds. The highest BCUT2D eigenvalue weighted by Gasteiger charge is 2.43. The number of alkyl halides is 3. The number of hydrogen-bond acceptors (Lipinski definition) is 7. The summed E-state index contributed by atoms with van der Waals surface area (Å²) < 4.78 is 64.9. The summed E-state index contributed by atoms with van der Waals surface area (Å²) in [7, 11) is -4.37. The number of aromatic nitrogens is 2. The summed E-state index contributed by atoms with van der Waals surface area (Å²) >= 11 is 7.15. The number of sulfone groups is 1. The Labute approximate surface area is 231 Å². The summed E-state index contributed by atoms with van der Waals surface area (Å²) in [6.45, 7) is 0.938. The first-order chi connectivity index (χ1) is 18.3. The smallest absolute Gasteiger partial charge is 0.433 e. The van der Waals surface area contributed by atoms with Gasteiger partial charge in [0.1, 0.15) is 11.4 Å². The zero-order chi connectivity index (χ0) is 28.4. The summed E-state index contributed by atoms with van der Waals surface area (Å²) in [5.74, 6) is -1.01. The van der Waals surface area contributed by atoms with E-state index >= 15 is 0 Å². The van der Waals surface area contributed by atoms with Crippen molar-refractivity contribution in [2.45, 2.75) is 29.2 Å².